The predicted molar refractivity (Wildman–Crippen MR) is 255 cm³/mol. The van der Waals surface area contributed by atoms with Gasteiger partial charge in [0.25, 0.3) is 0 Å². The SMILES string of the molecule is CCCCCCCCC(CCCCCCCC)OC(=O)CCCCCCCOC(=O)[C@@H]1CC(NCCCO)CN1CCCCCC(C)=O.CCCCCCCCCCCC. The molecule has 1 unspecified atom stereocenters. The van der Waals surface area contributed by atoms with Crippen LogP contribution < -0.4 is 5.32 Å². The van der Waals surface area contributed by atoms with Crippen molar-refractivity contribution in [1.82, 2.24) is 10.2 Å². The second-order valence-corrected chi connectivity index (χ2v) is 18.2. The van der Waals surface area contributed by atoms with E-state index >= 15 is 0 Å². The van der Waals surface area contributed by atoms with E-state index in [0.717, 1.165) is 103 Å². The van der Waals surface area contributed by atoms with Gasteiger partial charge in [0.1, 0.15) is 17.9 Å². The maximum absolute atomic E-state index is 13.0. The summed E-state index contributed by atoms with van der Waals surface area (Å²) in [5.41, 5.74) is 0. The molecule has 0 radical (unpaired) electrons. The molecule has 0 aliphatic carbocycles. The van der Waals surface area contributed by atoms with Gasteiger partial charge in [-0.15, -0.1) is 0 Å². The average molecular weight is 851 g/mol. The molecule has 1 rings (SSSR count). The van der Waals surface area contributed by atoms with Crippen LogP contribution in [-0.2, 0) is 23.9 Å². The number of aliphatic hydroxyl groups is 1. The highest BCUT2D eigenvalue weighted by Crippen LogP contribution is 2.22. The van der Waals surface area contributed by atoms with E-state index in [4.69, 9.17) is 14.6 Å². The second-order valence-electron chi connectivity index (χ2n) is 18.2. The van der Waals surface area contributed by atoms with E-state index in [1.807, 2.05) is 0 Å². The summed E-state index contributed by atoms with van der Waals surface area (Å²) in [4.78, 5) is 39.2. The zero-order valence-corrected chi connectivity index (χ0v) is 40.7. The number of ether oxygens (including phenoxy) is 2. The van der Waals surface area contributed by atoms with Crippen LogP contribution in [0.15, 0.2) is 0 Å². The number of aliphatic hydroxyl groups excluding tert-OH is 1. The molecule has 0 spiro atoms. The fourth-order valence-electron chi connectivity index (χ4n) is 8.34. The number of carbonyl (C=O) groups is 3. The van der Waals surface area contributed by atoms with Gasteiger partial charge in [0.2, 0.25) is 0 Å². The van der Waals surface area contributed by atoms with Gasteiger partial charge in [-0.1, -0.05) is 182 Å². The van der Waals surface area contributed by atoms with Crippen molar-refractivity contribution in [1.29, 1.82) is 0 Å². The Morgan fingerprint density at radius 3 is 1.53 bits per heavy atom. The van der Waals surface area contributed by atoms with Crippen LogP contribution in [0.4, 0.5) is 0 Å². The van der Waals surface area contributed by atoms with Gasteiger partial charge in [0.05, 0.1) is 6.61 Å². The first-order valence-electron chi connectivity index (χ1n) is 26.3. The van der Waals surface area contributed by atoms with E-state index in [1.54, 1.807) is 6.92 Å². The van der Waals surface area contributed by atoms with Crippen LogP contribution in [0, 0.1) is 0 Å². The normalized spacial score (nSPS) is 15.3. The summed E-state index contributed by atoms with van der Waals surface area (Å²) in [5.74, 6) is 0.0639. The Hall–Kier alpha value is -1.51. The van der Waals surface area contributed by atoms with Crippen LogP contribution >= 0.6 is 0 Å². The van der Waals surface area contributed by atoms with Crippen molar-refractivity contribution in [3.63, 3.8) is 0 Å². The second kappa shape index (κ2) is 45.5. The summed E-state index contributed by atoms with van der Waals surface area (Å²) in [6.45, 7) is 13.7. The summed E-state index contributed by atoms with van der Waals surface area (Å²) in [6, 6.07) is -0.0132. The maximum atomic E-state index is 13.0. The first-order chi connectivity index (χ1) is 29.3. The number of nitrogens with zero attached hydrogens (tertiary/aromatic N) is 1. The number of hydrogen-bond acceptors (Lipinski definition) is 8. The lowest BCUT2D eigenvalue weighted by molar-refractivity contribution is -0.150. The Morgan fingerprint density at radius 2 is 1.03 bits per heavy atom. The van der Waals surface area contributed by atoms with Crippen molar-refractivity contribution in [2.24, 2.45) is 0 Å². The summed E-state index contributed by atoms with van der Waals surface area (Å²) >= 11 is 0. The number of hydrogen-bond donors (Lipinski definition) is 2. The topological polar surface area (TPSA) is 105 Å². The smallest absolute Gasteiger partial charge is 0.323 e. The van der Waals surface area contributed by atoms with E-state index in [-0.39, 0.29) is 42.5 Å². The number of Topliss-reactive ketones (excluding diaryl/α,β-unsaturated/α-hetero) is 1. The molecule has 356 valence electrons. The zero-order chi connectivity index (χ0) is 44.2. The molecule has 0 amide bonds. The third-order valence-electron chi connectivity index (χ3n) is 12.2. The highest BCUT2D eigenvalue weighted by atomic mass is 16.5. The monoisotopic (exact) mass is 851 g/mol. The fourth-order valence-corrected chi connectivity index (χ4v) is 8.34. The Kier molecular flexibility index (Phi) is 44.4. The number of likely N-dealkylation sites (tertiary alicyclic amines) is 1. The summed E-state index contributed by atoms with van der Waals surface area (Å²) < 4.78 is 11.7. The number of ketones is 1. The van der Waals surface area contributed by atoms with Crippen LogP contribution in [0.1, 0.15) is 266 Å². The lowest BCUT2D eigenvalue weighted by atomic mass is 10.0. The molecule has 0 aromatic rings. The Labute approximate surface area is 372 Å². The van der Waals surface area contributed by atoms with Crippen LogP contribution in [0.2, 0.25) is 0 Å². The first-order valence-corrected chi connectivity index (χ1v) is 26.3. The molecule has 1 fully saturated rings. The molecule has 1 aliphatic rings. The molecule has 2 atom stereocenters. The minimum atomic E-state index is -0.235. The van der Waals surface area contributed by atoms with Crippen LogP contribution in [0.3, 0.4) is 0 Å². The number of unbranched alkanes of at least 4 members (excludes halogenated alkanes) is 25. The van der Waals surface area contributed by atoms with Gasteiger partial charge in [-0.05, 0) is 84.2 Å². The van der Waals surface area contributed by atoms with E-state index in [0.29, 0.717) is 25.9 Å². The fraction of sp³-hybridized carbons (Fsp3) is 0.942. The molecular formula is C52H102N2O6. The largest absolute Gasteiger partial charge is 0.465 e. The van der Waals surface area contributed by atoms with Gasteiger partial charge >= 0.3 is 11.9 Å². The summed E-state index contributed by atoms with van der Waals surface area (Å²) in [6.07, 6.45) is 41.8. The van der Waals surface area contributed by atoms with Crippen molar-refractivity contribution >= 4 is 17.7 Å². The van der Waals surface area contributed by atoms with E-state index in [2.05, 4.69) is 37.9 Å². The third-order valence-corrected chi connectivity index (χ3v) is 12.2. The van der Waals surface area contributed by atoms with Crippen molar-refractivity contribution in [3.05, 3.63) is 0 Å². The van der Waals surface area contributed by atoms with Crippen molar-refractivity contribution in [2.75, 3.05) is 32.8 Å². The molecule has 0 aromatic heterocycles. The molecule has 0 bridgehead atoms. The summed E-state index contributed by atoms with van der Waals surface area (Å²) in [5, 5.41) is 12.6. The quantitative estimate of drug-likeness (QED) is 0.0462. The molecule has 1 heterocycles. The van der Waals surface area contributed by atoms with E-state index < -0.39 is 0 Å². The molecule has 1 aliphatic heterocycles. The maximum Gasteiger partial charge on any atom is 0.323 e. The molecule has 8 nitrogen and oxygen atoms in total. The molecule has 1 saturated heterocycles. The zero-order valence-electron chi connectivity index (χ0n) is 40.7. The van der Waals surface area contributed by atoms with Crippen molar-refractivity contribution in [2.45, 2.75) is 284 Å². The minimum absolute atomic E-state index is 0.0324. The van der Waals surface area contributed by atoms with Crippen molar-refractivity contribution in [3.8, 4) is 0 Å². The number of nitrogens with one attached hydrogen (secondary N) is 1. The Morgan fingerprint density at radius 1 is 0.583 bits per heavy atom. The first kappa shape index (κ1) is 58.5. The van der Waals surface area contributed by atoms with Gasteiger partial charge in [-0.25, -0.2) is 0 Å². The molecule has 0 aromatic carbocycles. The van der Waals surface area contributed by atoms with Crippen LogP contribution in [-0.4, -0.2) is 78.8 Å². The number of esters is 2. The Bertz CT molecular complexity index is 921. The van der Waals surface area contributed by atoms with Gasteiger partial charge in [-0.2, -0.15) is 0 Å². The highest BCUT2D eigenvalue weighted by Gasteiger charge is 2.37. The van der Waals surface area contributed by atoms with Crippen LogP contribution in [0.25, 0.3) is 0 Å². The van der Waals surface area contributed by atoms with Gasteiger partial charge < -0.3 is 24.7 Å². The lowest BCUT2D eigenvalue weighted by Gasteiger charge is -2.22. The van der Waals surface area contributed by atoms with Gasteiger partial charge in [0, 0.05) is 32.0 Å². The third kappa shape index (κ3) is 38.2. The molecule has 60 heavy (non-hydrogen) atoms. The van der Waals surface area contributed by atoms with E-state index in [9.17, 15) is 14.4 Å². The van der Waals surface area contributed by atoms with E-state index in [1.165, 1.54) is 128 Å². The molecule has 2 N–H and O–H groups in total. The number of rotatable bonds is 43. The molecular weight excluding hydrogens is 749 g/mol. The molecule has 0 saturated carbocycles. The van der Waals surface area contributed by atoms with Gasteiger partial charge in [0.15, 0.2) is 0 Å². The van der Waals surface area contributed by atoms with Gasteiger partial charge in [-0.3, -0.25) is 14.5 Å². The highest BCUT2D eigenvalue weighted by molar-refractivity contribution is 5.76. The van der Waals surface area contributed by atoms with Crippen molar-refractivity contribution < 1.29 is 29.0 Å². The average Bonchev–Trinajstić information content (AvgIpc) is 3.65. The Balaban J connectivity index is 0.00000250. The lowest BCUT2D eigenvalue weighted by Crippen LogP contribution is -2.38. The summed E-state index contributed by atoms with van der Waals surface area (Å²) in [7, 11) is 0. The van der Waals surface area contributed by atoms with Crippen LogP contribution in [0.5, 0.6) is 0 Å². The minimum Gasteiger partial charge on any atom is -0.465 e. The predicted octanol–water partition coefficient (Wildman–Crippen LogP) is 13.8. The molecule has 8 heteroatoms. The number of carbonyl (C=O) groups excluding carboxylic acids is 3. The standard InChI is InChI=1S/C40H76N2O6.C12H26/c1-4-6-8-10-13-19-26-37(27-20-14-11-9-7-5-2)48-39(45)28-21-15-12-16-23-32-47-40(46)38-33-36(41-29-24-31-43)34-42(38)30-22-17-18-25-35(3)44;1-3-5-7-9-11-12-10-8-6-4-2/h36-38,41,43H,4-34H2,1-3H3;3-12H2,1-2H3/t36?,38-;/m0./s1.